The molecule has 0 aliphatic rings. The van der Waals surface area contributed by atoms with Gasteiger partial charge in [0.15, 0.2) is 0 Å². The number of nitrogens with one attached hydrogen (secondary N) is 3. The molecule has 1 unspecified atom stereocenters. The molecule has 3 aromatic rings. The Morgan fingerprint density at radius 1 is 0.364 bits per heavy atom. The predicted molar refractivity (Wildman–Crippen MR) is 152 cm³/mol. The van der Waals surface area contributed by atoms with Gasteiger partial charge in [0, 0.05) is 65.4 Å². The summed E-state index contributed by atoms with van der Waals surface area (Å²) < 4.78 is 0. The van der Waals surface area contributed by atoms with Crippen LogP contribution in [-0.4, -0.2) is 35.2 Å². The van der Waals surface area contributed by atoms with Crippen molar-refractivity contribution in [1.29, 1.82) is 0 Å². The molecule has 6 heteroatoms. The van der Waals surface area contributed by atoms with Crippen molar-refractivity contribution in [2.75, 3.05) is 35.2 Å². The molecule has 0 aromatic heterocycles. The first kappa shape index (κ1) is 54.2. The molecular weight excluding hydrogens is 575 g/mol. The van der Waals surface area contributed by atoms with Crippen molar-refractivity contribution in [3.8, 4) is 0 Å². The van der Waals surface area contributed by atoms with Crippen molar-refractivity contribution < 1.29 is 65.4 Å². The van der Waals surface area contributed by atoms with E-state index in [4.69, 9.17) is 0 Å². The van der Waals surface area contributed by atoms with E-state index in [9.17, 15) is 0 Å². The first-order valence-electron chi connectivity index (χ1n) is 9.79. The summed E-state index contributed by atoms with van der Waals surface area (Å²) in [7, 11) is 11.7. The van der Waals surface area contributed by atoms with Crippen molar-refractivity contribution in [3.05, 3.63) is 124 Å². The van der Waals surface area contributed by atoms with Crippen LogP contribution in [-0.2, 0) is 65.4 Å². The summed E-state index contributed by atoms with van der Waals surface area (Å²) in [4.78, 5) is 0. The van der Waals surface area contributed by atoms with E-state index in [2.05, 4.69) is 25.1 Å². The van der Waals surface area contributed by atoms with Gasteiger partial charge >= 0.3 is 0 Å². The summed E-state index contributed by atoms with van der Waals surface area (Å²) in [5.74, 6) is 0. The van der Waals surface area contributed by atoms with Crippen molar-refractivity contribution in [1.82, 2.24) is 15.7 Å². The van der Waals surface area contributed by atoms with E-state index < -0.39 is 0 Å². The number of rotatable bonds is 0. The molecule has 3 N–H and O–H groups in total. The van der Waals surface area contributed by atoms with Crippen molar-refractivity contribution >= 4 is 9.39 Å². The van der Waals surface area contributed by atoms with Gasteiger partial charge in [0.1, 0.15) is 0 Å². The first-order chi connectivity index (χ1) is 14.2. The Kier molecular flexibility index (Phi) is 115. The quantitative estimate of drug-likeness (QED) is 0.194. The van der Waals surface area contributed by atoms with E-state index in [1.807, 2.05) is 158 Å². The van der Waals surface area contributed by atoms with E-state index in [1.54, 1.807) is 0 Å². The van der Waals surface area contributed by atoms with E-state index in [0.29, 0.717) is 0 Å². The van der Waals surface area contributed by atoms with Crippen LogP contribution in [0.2, 0.25) is 0 Å². The van der Waals surface area contributed by atoms with Crippen LogP contribution in [0.25, 0.3) is 0 Å². The fourth-order valence-electron chi connectivity index (χ4n) is 1.15. The zero-order valence-electron chi connectivity index (χ0n) is 22.6. The second-order valence-corrected chi connectivity index (χ2v) is 5.33. The van der Waals surface area contributed by atoms with Gasteiger partial charge in [-0.05, 0) is 35.2 Å². The van der Waals surface area contributed by atoms with E-state index >= 15 is 0 Å². The second kappa shape index (κ2) is 69.7. The maximum atomic E-state index is 2.75. The molecule has 3 rings (SSSR count). The maximum Gasteiger partial charge on any atom is 0 e. The van der Waals surface area contributed by atoms with Gasteiger partial charge < -0.3 is 30.6 Å². The molecule has 0 amide bonds. The van der Waals surface area contributed by atoms with Crippen LogP contribution in [0.4, 0.5) is 0 Å². The van der Waals surface area contributed by atoms with Gasteiger partial charge in [-0.1, -0.05) is 132 Å². The smallest absolute Gasteiger partial charge is 0 e. The van der Waals surface area contributed by atoms with Gasteiger partial charge in [0.05, 0.1) is 0 Å². The topological polar surface area (TPSA) is 36.1 Å². The van der Waals surface area contributed by atoms with Crippen LogP contribution in [0.15, 0.2) is 109 Å². The Hall–Kier alpha value is 0.178. The molecule has 0 aliphatic heterocycles. The average Bonchev–Trinajstić information content (AvgIpc) is 2.81. The Morgan fingerprint density at radius 2 is 0.394 bits per heavy atom. The molecular formula is C27H50N3PY2-2. The summed E-state index contributed by atoms with van der Waals surface area (Å²) in [6.07, 6.45) is 0. The summed E-state index contributed by atoms with van der Waals surface area (Å²) in [5.41, 5.74) is 0. The van der Waals surface area contributed by atoms with Crippen LogP contribution in [0.5, 0.6) is 0 Å². The molecule has 0 aliphatic carbocycles. The summed E-state index contributed by atoms with van der Waals surface area (Å²) in [6, 6.07) is 36.0. The third-order valence-corrected chi connectivity index (χ3v) is 2.00. The number of benzene rings is 3. The summed E-state index contributed by atoms with van der Waals surface area (Å²) in [5, 5.41) is 8.17. The van der Waals surface area contributed by atoms with E-state index in [-0.39, 0.29) is 80.3 Å². The Morgan fingerprint density at radius 3 is 0.424 bits per heavy atom. The van der Waals surface area contributed by atoms with E-state index in [0.717, 1.165) is 0 Å². The normalized spacial score (nSPS) is 6.18. The largest absolute Gasteiger partial charge is 0.358 e. The third-order valence-electron chi connectivity index (χ3n) is 2.00. The Bertz CT molecular complexity index is 360. The SMILES string of the molecule is CC.CNC.CNC.CNP.[CH3-].[CH3-].[Y].[Y].c1ccccc1.c1ccccc1.c1ccccc1. The third kappa shape index (κ3) is 88.7. The van der Waals surface area contributed by atoms with Gasteiger partial charge in [-0.25, -0.2) is 0 Å². The van der Waals surface area contributed by atoms with Crippen LogP contribution in [0, 0.1) is 14.9 Å². The van der Waals surface area contributed by atoms with Crippen molar-refractivity contribution in [3.63, 3.8) is 0 Å². The molecule has 33 heavy (non-hydrogen) atoms. The maximum absolute atomic E-state index is 2.75. The molecule has 0 saturated carbocycles. The molecule has 3 nitrogen and oxygen atoms in total. The number of hydrogen-bond donors (Lipinski definition) is 3. The minimum Gasteiger partial charge on any atom is -0.358 e. The zero-order valence-corrected chi connectivity index (χ0v) is 29.5. The second-order valence-electron chi connectivity index (χ2n) is 4.75. The molecule has 2 radical (unpaired) electrons. The molecule has 0 saturated heterocycles. The summed E-state index contributed by atoms with van der Waals surface area (Å²) >= 11 is 0. The minimum absolute atomic E-state index is 0. The van der Waals surface area contributed by atoms with Crippen molar-refractivity contribution in [2.24, 2.45) is 0 Å². The van der Waals surface area contributed by atoms with Gasteiger partial charge in [-0.3, -0.25) is 0 Å². The zero-order chi connectivity index (χ0) is 22.8. The van der Waals surface area contributed by atoms with Gasteiger partial charge in [-0.15, -0.1) is 0 Å². The summed E-state index contributed by atoms with van der Waals surface area (Å²) in [6.45, 7) is 4.00. The standard InChI is InChI=1S/3C6H6.2C2H7N.C2H6.CH6NP.2CH3.2Y/c3*1-2-4-6-5-3-1;2*1-3-2;1-2;1-2-3;;;;/h3*1-6H;2*3H,1-2H3;1-2H3;2H,3H2,1H3;2*1H3;;/q;;;;;;;2*-1;;. The predicted octanol–water partition coefficient (Wildman–Crippen LogP) is 6.65. The molecule has 3 aromatic carbocycles. The average molecular weight is 626 g/mol. The van der Waals surface area contributed by atoms with Crippen LogP contribution in [0.3, 0.4) is 0 Å². The van der Waals surface area contributed by atoms with E-state index in [1.165, 1.54) is 0 Å². The van der Waals surface area contributed by atoms with Gasteiger partial charge in [0.2, 0.25) is 0 Å². The molecule has 0 heterocycles. The fourth-order valence-corrected chi connectivity index (χ4v) is 1.15. The van der Waals surface area contributed by atoms with Crippen LogP contribution >= 0.6 is 9.39 Å². The number of hydrogen-bond acceptors (Lipinski definition) is 3. The molecule has 1 atom stereocenters. The molecule has 0 fully saturated rings. The minimum atomic E-state index is 0. The van der Waals surface area contributed by atoms with Gasteiger partial charge in [0.25, 0.3) is 0 Å². The fraction of sp³-hybridized carbons (Fsp3) is 0.259. The Labute approximate surface area is 261 Å². The first-order valence-corrected chi connectivity index (χ1v) is 10.4. The van der Waals surface area contributed by atoms with Gasteiger partial charge in [-0.2, -0.15) is 0 Å². The molecule has 186 valence electrons. The molecule has 0 spiro atoms. The Balaban J connectivity index is -0.0000000375. The molecule has 0 bridgehead atoms. The van der Waals surface area contributed by atoms with Crippen molar-refractivity contribution in [2.45, 2.75) is 13.8 Å². The van der Waals surface area contributed by atoms with Crippen LogP contribution < -0.4 is 15.7 Å². The monoisotopic (exact) mass is 625 g/mol. The van der Waals surface area contributed by atoms with Crippen LogP contribution in [0.1, 0.15) is 13.8 Å².